The molecule has 1 rings (SSSR count). The van der Waals surface area contributed by atoms with Crippen molar-refractivity contribution in [2.24, 2.45) is 5.14 Å². The van der Waals surface area contributed by atoms with Crippen LogP contribution in [0.4, 0.5) is 0 Å². The minimum Gasteiger partial charge on any atom is -0.492 e. The van der Waals surface area contributed by atoms with Gasteiger partial charge >= 0.3 is 0 Å². The Bertz CT molecular complexity index is 534. The zero-order valence-electron chi connectivity index (χ0n) is 10.4. The monoisotopic (exact) mass is 327 g/mol. The molecule has 0 aliphatic rings. The number of sulfonamides is 1. The molecule has 1 aromatic carbocycles. The molecule has 0 radical (unpaired) electrons. The van der Waals surface area contributed by atoms with Crippen LogP contribution >= 0.6 is 23.2 Å². The third-order valence-electron chi connectivity index (χ3n) is 2.19. The summed E-state index contributed by atoms with van der Waals surface area (Å²) in [5.41, 5.74) is 0. The quantitative estimate of drug-likeness (QED) is 0.780. The Labute approximate surface area is 122 Å². The minimum absolute atomic E-state index is 0.0216. The summed E-state index contributed by atoms with van der Waals surface area (Å²) >= 11 is 11.7. The number of halogens is 2. The van der Waals surface area contributed by atoms with Crippen molar-refractivity contribution in [3.63, 3.8) is 0 Å². The van der Waals surface area contributed by atoms with E-state index in [0.717, 1.165) is 0 Å². The minimum atomic E-state index is -3.90. The van der Waals surface area contributed by atoms with E-state index in [0.29, 0.717) is 32.0 Å². The number of hydrogen-bond acceptors (Lipinski definition) is 4. The van der Waals surface area contributed by atoms with Gasteiger partial charge < -0.3 is 9.47 Å². The van der Waals surface area contributed by atoms with Gasteiger partial charge in [0.05, 0.1) is 16.7 Å². The van der Waals surface area contributed by atoms with Gasteiger partial charge in [0.25, 0.3) is 0 Å². The first kappa shape index (κ1) is 16.5. The van der Waals surface area contributed by atoms with E-state index in [-0.39, 0.29) is 14.9 Å². The molecule has 8 heteroatoms. The summed E-state index contributed by atoms with van der Waals surface area (Å²) in [6.07, 6.45) is 0.693. The van der Waals surface area contributed by atoms with E-state index >= 15 is 0 Å². The number of ether oxygens (including phenoxy) is 2. The second-order valence-corrected chi connectivity index (χ2v) is 6.00. The van der Waals surface area contributed by atoms with Crippen molar-refractivity contribution in [1.82, 2.24) is 0 Å². The lowest BCUT2D eigenvalue weighted by atomic mass is 10.3. The van der Waals surface area contributed by atoms with Gasteiger partial charge in [0.15, 0.2) is 0 Å². The highest BCUT2D eigenvalue weighted by Crippen LogP contribution is 2.33. The van der Waals surface area contributed by atoms with Gasteiger partial charge in [-0.3, -0.25) is 0 Å². The van der Waals surface area contributed by atoms with E-state index < -0.39 is 10.0 Å². The van der Waals surface area contributed by atoms with Crippen LogP contribution in [0.3, 0.4) is 0 Å². The van der Waals surface area contributed by atoms with Gasteiger partial charge in [0, 0.05) is 25.7 Å². The fourth-order valence-corrected chi connectivity index (χ4v) is 2.70. The topological polar surface area (TPSA) is 78.6 Å². The van der Waals surface area contributed by atoms with Crippen molar-refractivity contribution in [2.75, 3.05) is 19.8 Å². The van der Waals surface area contributed by atoms with E-state index in [4.69, 9.17) is 37.8 Å². The van der Waals surface area contributed by atoms with Crippen LogP contribution in [0.25, 0.3) is 0 Å². The number of hydrogen-bond donors (Lipinski definition) is 1. The van der Waals surface area contributed by atoms with Gasteiger partial charge in [-0.05, 0) is 13.0 Å². The second-order valence-electron chi connectivity index (χ2n) is 3.66. The van der Waals surface area contributed by atoms with E-state index in [1.54, 1.807) is 0 Å². The maximum atomic E-state index is 11.2. The standard InChI is InChI=1S/C11H15Cl2NO4S/c1-2-17-4-3-5-18-10-6-9(13)11(7-8(10)12)19(14,15)16/h6-7H,2-5H2,1H3,(H2,14,15,16). The van der Waals surface area contributed by atoms with Crippen LogP contribution in [-0.2, 0) is 14.8 Å². The molecule has 0 saturated heterocycles. The normalized spacial score (nSPS) is 11.6. The average molecular weight is 328 g/mol. The molecule has 0 aliphatic carbocycles. The summed E-state index contributed by atoms with van der Waals surface area (Å²) in [4.78, 5) is -0.221. The SMILES string of the molecule is CCOCCCOc1cc(Cl)c(S(N)(=O)=O)cc1Cl. The first-order chi connectivity index (χ1) is 8.86. The molecule has 0 atom stereocenters. The predicted octanol–water partition coefficient (Wildman–Crippen LogP) is 2.45. The molecule has 0 aromatic heterocycles. The first-order valence-electron chi connectivity index (χ1n) is 5.58. The fraction of sp³-hybridized carbons (Fsp3) is 0.455. The molecule has 5 nitrogen and oxygen atoms in total. The molecule has 0 amide bonds. The average Bonchev–Trinajstić information content (AvgIpc) is 2.31. The first-order valence-corrected chi connectivity index (χ1v) is 7.89. The Morgan fingerprint density at radius 3 is 2.47 bits per heavy atom. The van der Waals surface area contributed by atoms with Crippen molar-refractivity contribution < 1.29 is 17.9 Å². The molecule has 108 valence electrons. The zero-order chi connectivity index (χ0) is 14.5. The molecule has 0 fully saturated rings. The van der Waals surface area contributed by atoms with Crippen molar-refractivity contribution in [2.45, 2.75) is 18.2 Å². The molecule has 0 heterocycles. The fourth-order valence-electron chi connectivity index (χ4n) is 1.33. The Balaban J connectivity index is 2.74. The van der Waals surface area contributed by atoms with Crippen molar-refractivity contribution in [1.29, 1.82) is 0 Å². The van der Waals surface area contributed by atoms with Gasteiger partial charge in [-0.1, -0.05) is 23.2 Å². The van der Waals surface area contributed by atoms with Gasteiger partial charge in [0.2, 0.25) is 10.0 Å². The van der Waals surface area contributed by atoms with Gasteiger partial charge in [-0.2, -0.15) is 0 Å². The smallest absolute Gasteiger partial charge is 0.239 e. The van der Waals surface area contributed by atoms with Crippen LogP contribution in [0.15, 0.2) is 17.0 Å². The largest absolute Gasteiger partial charge is 0.492 e. The molecule has 0 saturated carbocycles. The van der Waals surface area contributed by atoms with Crippen LogP contribution in [0.5, 0.6) is 5.75 Å². The van der Waals surface area contributed by atoms with Crippen molar-refractivity contribution in [3.05, 3.63) is 22.2 Å². The lowest BCUT2D eigenvalue weighted by Crippen LogP contribution is -2.13. The van der Waals surface area contributed by atoms with Gasteiger partial charge in [-0.15, -0.1) is 0 Å². The molecular formula is C11H15Cl2NO4S. The lowest BCUT2D eigenvalue weighted by Gasteiger charge is -2.10. The maximum Gasteiger partial charge on any atom is 0.239 e. The van der Waals surface area contributed by atoms with E-state index in [9.17, 15) is 8.42 Å². The Morgan fingerprint density at radius 1 is 1.21 bits per heavy atom. The summed E-state index contributed by atoms with van der Waals surface area (Å²) in [7, 11) is -3.90. The second kappa shape index (κ2) is 7.31. The zero-order valence-corrected chi connectivity index (χ0v) is 12.7. The highest BCUT2D eigenvalue weighted by Gasteiger charge is 2.16. The van der Waals surface area contributed by atoms with E-state index in [1.807, 2.05) is 6.92 Å². The highest BCUT2D eigenvalue weighted by atomic mass is 35.5. The van der Waals surface area contributed by atoms with E-state index in [1.165, 1.54) is 12.1 Å². The molecule has 2 N–H and O–H groups in total. The molecule has 19 heavy (non-hydrogen) atoms. The van der Waals surface area contributed by atoms with Crippen LogP contribution in [0.1, 0.15) is 13.3 Å². The third-order valence-corrected chi connectivity index (χ3v) is 3.86. The molecule has 0 bridgehead atoms. The summed E-state index contributed by atoms with van der Waals surface area (Å²) < 4.78 is 33.0. The number of benzene rings is 1. The Morgan fingerprint density at radius 2 is 1.89 bits per heavy atom. The maximum absolute atomic E-state index is 11.2. The van der Waals surface area contributed by atoms with E-state index in [2.05, 4.69) is 0 Å². The lowest BCUT2D eigenvalue weighted by molar-refractivity contribution is 0.131. The highest BCUT2D eigenvalue weighted by molar-refractivity contribution is 7.89. The van der Waals surface area contributed by atoms with Crippen molar-refractivity contribution >= 4 is 33.2 Å². The van der Waals surface area contributed by atoms with Crippen molar-refractivity contribution in [3.8, 4) is 5.75 Å². The van der Waals surface area contributed by atoms with Crippen LogP contribution in [-0.4, -0.2) is 28.2 Å². The summed E-state index contributed by atoms with van der Waals surface area (Å²) in [6.45, 7) is 3.53. The summed E-state index contributed by atoms with van der Waals surface area (Å²) in [6, 6.07) is 2.52. The Kier molecular flexibility index (Phi) is 6.35. The predicted molar refractivity (Wildman–Crippen MR) is 74.4 cm³/mol. The van der Waals surface area contributed by atoms with Gasteiger partial charge in [-0.25, -0.2) is 13.6 Å². The van der Waals surface area contributed by atoms with Crippen LogP contribution in [0.2, 0.25) is 10.0 Å². The van der Waals surface area contributed by atoms with Crippen LogP contribution in [0, 0.1) is 0 Å². The number of nitrogens with two attached hydrogens (primary N) is 1. The van der Waals surface area contributed by atoms with Crippen LogP contribution < -0.4 is 9.88 Å². The summed E-state index contributed by atoms with van der Waals surface area (Å²) in [5.74, 6) is 0.315. The Hall–Kier alpha value is -0.530. The summed E-state index contributed by atoms with van der Waals surface area (Å²) in [5, 5.41) is 5.13. The van der Waals surface area contributed by atoms with Gasteiger partial charge in [0.1, 0.15) is 10.6 Å². The molecule has 0 spiro atoms. The molecular weight excluding hydrogens is 313 g/mol. The third kappa shape index (κ3) is 5.16. The number of primary sulfonamides is 1. The molecule has 0 unspecified atom stereocenters. The number of rotatable bonds is 7. The molecule has 1 aromatic rings. The molecule has 0 aliphatic heterocycles.